The van der Waals surface area contributed by atoms with Crippen molar-refractivity contribution in [2.24, 2.45) is 0 Å². The molecule has 3 heteroatoms. The van der Waals surface area contributed by atoms with E-state index >= 15 is 0 Å². The van der Waals surface area contributed by atoms with Gasteiger partial charge in [-0.05, 0) is 30.5 Å². The highest BCUT2D eigenvalue weighted by Gasteiger charge is 2.24. The van der Waals surface area contributed by atoms with Crippen LogP contribution >= 0.6 is 11.6 Å². The van der Waals surface area contributed by atoms with Gasteiger partial charge in [0.1, 0.15) is 5.75 Å². The van der Waals surface area contributed by atoms with Crippen LogP contribution in [0.2, 0.25) is 0 Å². The van der Waals surface area contributed by atoms with E-state index in [4.69, 9.17) is 11.6 Å². The molecule has 2 rings (SSSR count). The van der Waals surface area contributed by atoms with Crippen molar-refractivity contribution in [1.29, 1.82) is 0 Å². The second-order valence-electron chi connectivity index (χ2n) is 4.41. The zero-order valence-corrected chi connectivity index (χ0v) is 10.2. The molecule has 1 aliphatic rings. The summed E-state index contributed by atoms with van der Waals surface area (Å²) in [4.78, 5) is 2.45. The number of rotatable bonds is 5. The third-order valence-corrected chi connectivity index (χ3v) is 3.45. The molecule has 0 atom stereocenters. The lowest BCUT2D eigenvalue weighted by molar-refractivity contribution is 0.127. The summed E-state index contributed by atoms with van der Waals surface area (Å²) in [6.45, 7) is 1.89. The van der Waals surface area contributed by atoms with Crippen LogP contribution in [0.5, 0.6) is 5.75 Å². The molecule has 1 saturated carbocycles. The Morgan fingerprint density at radius 2 is 1.94 bits per heavy atom. The van der Waals surface area contributed by atoms with Crippen LogP contribution in [0.4, 0.5) is 0 Å². The molecule has 0 heterocycles. The molecule has 1 N–H and O–H groups in total. The second kappa shape index (κ2) is 5.55. The lowest BCUT2D eigenvalue weighted by Gasteiger charge is -2.37. The minimum atomic E-state index is 0.330. The van der Waals surface area contributed by atoms with Crippen molar-refractivity contribution < 1.29 is 5.11 Å². The Morgan fingerprint density at radius 1 is 1.25 bits per heavy atom. The molecular weight excluding hydrogens is 222 g/mol. The summed E-state index contributed by atoms with van der Waals surface area (Å²) in [6.07, 6.45) is 3.95. The number of aromatic hydroxyl groups is 1. The van der Waals surface area contributed by atoms with Crippen LogP contribution in [-0.4, -0.2) is 28.5 Å². The number of phenols is 1. The number of alkyl halides is 1. The van der Waals surface area contributed by atoms with Gasteiger partial charge >= 0.3 is 0 Å². The third-order valence-electron chi connectivity index (χ3n) is 3.28. The summed E-state index contributed by atoms with van der Waals surface area (Å²) in [5.41, 5.74) is 1.25. The number of hydrogen-bond donors (Lipinski definition) is 1. The number of benzene rings is 1. The fourth-order valence-electron chi connectivity index (χ4n) is 2.09. The first-order valence-corrected chi connectivity index (χ1v) is 6.41. The zero-order chi connectivity index (χ0) is 11.4. The average molecular weight is 240 g/mol. The van der Waals surface area contributed by atoms with Crippen LogP contribution in [-0.2, 0) is 6.54 Å². The monoisotopic (exact) mass is 239 g/mol. The maximum atomic E-state index is 9.23. The maximum Gasteiger partial charge on any atom is 0.115 e. The van der Waals surface area contributed by atoms with Gasteiger partial charge in [-0.15, -0.1) is 11.6 Å². The minimum absolute atomic E-state index is 0.330. The largest absolute Gasteiger partial charge is 0.508 e. The van der Waals surface area contributed by atoms with Gasteiger partial charge in [0.15, 0.2) is 0 Å². The van der Waals surface area contributed by atoms with Crippen LogP contribution in [0, 0.1) is 0 Å². The van der Waals surface area contributed by atoms with E-state index in [0.29, 0.717) is 17.7 Å². The van der Waals surface area contributed by atoms with Crippen LogP contribution in [0.15, 0.2) is 24.3 Å². The van der Waals surface area contributed by atoms with Crippen molar-refractivity contribution in [3.63, 3.8) is 0 Å². The van der Waals surface area contributed by atoms with E-state index in [2.05, 4.69) is 4.90 Å². The Balaban J connectivity index is 1.96. The van der Waals surface area contributed by atoms with Gasteiger partial charge in [0.05, 0.1) is 0 Å². The lowest BCUT2D eigenvalue weighted by atomic mass is 9.91. The van der Waals surface area contributed by atoms with E-state index < -0.39 is 0 Å². The minimum Gasteiger partial charge on any atom is -0.508 e. The summed E-state index contributed by atoms with van der Waals surface area (Å²) >= 11 is 5.83. The second-order valence-corrected chi connectivity index (χ2v) is 4.79. The van der Waals surface area contributed by atoms with Crippen LogP contribution in [0.3, 0.4) is 0 Å². The molecule has 1 fully saturated rings. The number of phenolic OH excluding ortho intramolecular Hbond substituents is 1. The quantitative estimate of drug-likeness (QED) is 0.799. The summed E-state index contributed by atoms with van der Waals surface area (Å²) in [5, 5.41) is 9.23. The van der Waals surface area contributed by atoms with Gasteiger partial charge in [0.25, 0.3) is 0 Å². The van der Waals surface area contributed by atoms with Crippen LogP contribution in [0.1, 0.15) is 24.8 Å². The molecule has 0 spiro atoms. The van der Waals surface area contributed by atoms with E-state index in [9.17, 15) is 5.11 Å². The first-order chi connectivity index (χ1) is 7.79. The molecule has 0 amide bonds. The van der Waals surface area contributed by atoms with Gasteiger partial charge in [-0.3, -0.25) is 4.90 Å². The molecule has 0 unspecified atom stereocenters. The molecule has 0 aromatic heterocycles. The highest BCUT2D eigenvalue weighted by molar-refractivity contribution is 6.18. The molecule has 1 aromatic carbocycles. The van der Waals surface area contributed by atoms with Gasteiger partial charge in [-0.25, -0.2) is 0 Å². The predicted octanol–water partition coefficient (Wildman–Crippen LogP) is 2.99. The van der Waals surface area contributed by atoms with Crippen molar-refractivity contribution in [2.45, 2.75) is 31.8 Å². The fourth-order valence-corrected chi connectivity index (χ4v) is 2.30. The Bertz CT molecular complexity index is 321. The van der Waals surface area contributed by atoms with Gasteiger partial charge in [0.2, 0.25) is 0 Å². The number of hydrogen-bond acceptors (Lipinski definition) is 2. The normalized spacial score (nSPS) is 16.4. The van der Waals surface area contributed by atoms with Gasteiger partial charge in [-0.1, -0.05) is 18.6 Å². The summed E-state index contributed by atoms with van der Waals surface area (Å²) in [6, 6.07) is 8.17. The topological polar surface area (TPSA) is 23.5 Å². The van der Waals surface area contributed by atoms with Crippen molar-refractivity contribution >= 4 is 11.6 Å². The van der Waals surface area contributed by atoms with Crippen LogP contribution < -0.4 is 0 Å². The summed E-state index contributed by atoms with van der Waals surface area (Å²) in [7, 11) is 0. The Hall–Kier alpha value is -0.730. The van der Waals surface area contributed by atoms with Gasteiger partial charge in [0, 0.05) is 25.0 Å². The standard InChI is InChI=1S/C13H18ClNO/c14-8-9-15(12-2-1-3-12)10-11-4-6-13(16)7-5-11/h4-7,12,16H,1-3,8-10H2. The van der Waals surface area contributed by atoms with Crippen LogP contribution in [0.25, 0.3) is 0 Å². The summed E-state index contributed by atoms with van der Waals surface area (Å²) < 4.78 is 0. The molecule has 0 radical (unpaired) electrons. The molecule has 2 nitrogen and oxygen atoms in total. The van der Waals surface area contributed by atoms with Gasteiger partial charge in [-0.2, -0.15) is 0 Å². The molecular formula is C13H18ClNO. The number of nitrogens with zero attached hydrogens (tertiary/aromatic N) is 1. The molecule has 1 aromatic rings. The molecule has 88 valence electrons. The van der Waals surface area contributed by atoms with Crippen molar-refractivity contribution in [2.75, 3.05) is 12.4 Å². The average Bonchev–Trinajstić information content (AvgIpc) is 2.19. The highest BCUT2D eigenvalue weighted by Crippen LogP contribution is 2.26. The Morgan fingerprint density at radius 3 is 2.44 bits per heavy atom. The van der Waals surface area contributed by atoms with Crippen molar-refractivity contribution in [3.05, 3.63) is 29.8 Å². The Kier molecular flexibility index (Phi) is 4.08. The zero-order valence-electron chi connectivity index (χ0n) is 9.40. The van der Waals surface area contributed by atoms with E-state index in [1.54, 1.807) is 12.1 Å². The maximum absolute atomic E-state index is 9.23. The van der Waals surface area contributed by atoms with Crippen molar-refractivity contribution in [1.82, 2.24) is 4.90 Å². The SMILES string of the molecule is Oc1ccc(CN(CCCl)C2CCC2)cc1. The Labute approximate surface area is 102 Å². The van der Waals surface area contributed by atoms with Gasteiger partial charge < -0.3 is 5.11 Å². The van der Waals surface area contributed by atoms with E-state index in [1.165, 1.54) is 24.8 Å². The molecule has 0 bridgehead atoms. The van der Waals surface area contributed by atoms with E-state index in [-0.39, 0.29) is 0 Å². The first kappa shape index (κ1) is 11.7. The molecule has 0 saturated heterocycles. The smallest absolute Gasteiger partial charge is 0.115 e. The van der Waals surface area contributed by atoms with Crippen molar-refractivity contribution in [3.8, 4) is 5.75 Å². The van der Waals surface area contributed by atoms with E-state index in [1.807, 2.05) is 12.1 Å². The predicted molar refractivity (Wildman–Crippen MR) is 66.9 cm³/mol. The fraction of sp³-hybridized carbons (Fsp3) is 0.538. The molecule has 1 aliphatic carbocycles. The first-order valence-electron chi connectivity index (χ1n) is 5.87. The highest BCUT2D eigenvalue weighted by atomic mass is 35.5. The number of halogens is 1. The van der Waals surface area contributed by atoms with E-state index in [0.717, 1.165) is 13.1 Å². The third kappa shape index (κ3) is 2.89. The molecule has 0 aliphatic heterocycles. The lowest BCUT2D eigenvalue weighted by Crippen LogP contribution is -2.40. The molecule has 16 heavy (non-hydrogen) atoms. The summed E-state index contributed by atoms with van der Waals surface area (Å²) in [5.74, 6) is 1.02.